The lowest BCUT2D eigenvalue weighted by atomic mass is 10.1. The molecule has 0 aliphatic rings. The summed E-state index contributed by atoms with van der Waals surface area (Å²) in [6.45, 7) is 2.12. The van der Waals surface area contributed by atoms with Gasteiger partial charge < -0.3 is 15.5 Å². The molecule has 0 bridgehead atoms. The third-order valence-corrected chi connectivity index (χ3v) is 3.80. The predicted molar refractivity (Wildman–Crippen MR) is 96.1 cm³/mol. The van der Waals surface area contributed by atoms with Crippen molar-refractivity contribution >= 4 is 23.2 Å². The summed E-state index contributed by atoms with van der Waals surface area (Å²) in [5, 5.41) is 5.33. The van der Waals surface area contributed by atoms with Crippen LogP contribution in [0.4, 0.5) is 20.2 Å². The second-order valence-electron chi connectivity index (χ2n) is 6.05. The molecule has 3 N–H and O–H groups in total. The number of para-hydroxylation sites is 1. The van der Waals surface area contributed by atoms with Gasteiger partial charge in [-0.25, -0.2) is 8.78 Å². The summed E-state index contributed by atoms with van der Waals surface area (Å²) in [7, 11) is 1.70. The molecule has 1 atom stereocenters. The first-order valence-corrected chi connectivity index (χ1v) is 8.33. The molecule has 0 aliphatic carbocycles. The number of carbonyl (C=O) groups excluding carboxylic acids is 2. The molecule has 0 saturated heterocycles. The first kappa shape index (κ1) is 19.5. The average molecular weight is 362 g/mol. The molecule has 2 aromatic rings. The molecule has 2 aromatic carbocycles. The summed E-state index contributed by atoms with van der Waals surface area (Å²) in [6.07, 6.45) is 0.801. The van der Waals surface area contributed by atoms with E-state index < -0.39 is 17.5 Å². The van der Waals surface area contributed by atoms with E-state index in [2.05, 4.69) is 10.6 Å². The lowest BCUT2D eigenvalue weighted by Crippen LogP contribution is -3.11. The van der Waals surface area contributed by atoms with E-state index in [1.807, 2.05) is 31.2 Å². The van der Waals surface area contributed by atoms with Crippen LogP contribution in [0, 0.1) is 11.6 Å². The van der Waals surface area contributed by atoms with E-state index in [1.165, 1.54) is 6.07 Å². The van der Waals surface area contributed by atoms with Gasteiger partial charge in [-0.1, -0.05) is 25.1 Å². The van der Waals surface area contributed by atoms with Gasteiger partial charge in [-0.15, -0.1) is 0 Å². The zero-order valence-corrected chi connectivity index (χ0v) is 14.7. The number of aryl methyl sites for hydroxylation is 1. The van der Waals surface area contributed by atoms with E-state index in [0.717, 1.165) is 29.8 Å². The molecule has 0 spiro atoms. The fraction of sp³-hybridized carbons (Fsp3) is 0.263. The van der Waals surface area contributed by atoms with Crippen LogP contribution in [0.5, 0.6) is 0 Å². The van der Waals surface area contributed by atoms with E-state index in [4.69, 9.17) is 0 Å². The maximum absolute atomic E-state index is 13.1. The van der Waals surface area contributed by atoms with Gasteiger partial charge in [0.1, 0.15) is 0 Å². The molecule has 7 heteroatoms. The maximum Gasteiger partial charge on any atom is 0.279 e. The van der Waals surface area contributed by atoms with Crippen LogP contribution in [-0.4, -0.2) is 32.0 Å². The maximum atomic E-state index is 13.1. The van der Waals surface area contributed by atoms with Crippen molar-refractivity contribution in [1.29, 1.82) is 0 Å². The number of hydrogen-bond donors (Lipinski definition) is 3. The first-order chi connectivity index (χ1) is 12.4. The number of nitrogens with one attached hydrogen (secondary N) is 3. The van der Waals surface area contributed by atoms with Crippen molar-refractivity contribution in [2.45, 2.75) is 13.3 Å². The molecule has 1 unspecified atom stereocenters. The molecule has 0 fully saturated rings. The Bertz CT molecular complexity index is 796. The largest absolute Gasteiger partial charge is 0.322 e. The van der Waals surface area contributed by atoms with Crippen molar-refractivity contribution in [3.63, 3.8) is 0 Å². The van der Waals surface area contributed by atoms with Crippen LogP contribution in [0.2, 0.25) is 0 Å². The second kappa shape index (κ2) is 9.05. The van der Waals surface area contributed by atoms with Gasteiger partial charge >= 0.3 is 0 Å². The quantitative estimate of drug-likeness (QED) is 0.701. The van der Waals surface area contributed by atoms with Gasteiger partial charge in [-0.05, 0) is 30.2 Å². The van der Waals surface area contributed by atoms with E-state index in [-0.39, 0.29) is 24.7 Å². The number of carbonyl (C=O) groups is 2. The summed E-state index contributed by atoms with van der Waals surface area (Å²) in [6, 6.07) is 10.7. The number of benzene rings is 2. The summed E-state index contributed by atoms with van der Waals surface area (Å²) in [5.41, 5.74) is 1.97. The van der Waals surface area contributed by atoms with E-state index in [9.17, 15) is 18.4 Å². The van der Waals surface area contributed by atoms with Crippen molar-refractivity contribution in [3.05, 3.63) is 59.7 Å². The molecular weight excluding hydrogens is 340 g/mol. The molecule has 5 nitrogen and oxygen atoms in total. The van der Waals surface area contributed by atoms with Crippen LogP contribution in [0.3, 0.4) is 0 Å². The SMILES string of the molecule is CCc1ccccc1NC(=O)C[NH+](C)CC(=O)Nc1ccc(F)c(F)c1. The fourth-order valence-electron chi connectivity index (χ4n) is 2.53. The lowest BCUT2D eigenvalue weighted by Gasteiger charge is -2.15. The Balaban J connectivity index is 1.85. The fourth-order valence-corrected chi connectivity index (χ4v) is 2.53. The van der Waals surface area contributed by atoms with E-state index >= 15 is 0 Å². The highest BCUT2D eigenvalue weighted by atomic mass is 19.2. The van der Waals surface area contributed by atoms with Crippen LogP contribution in [-0.2, 0) is 16.0 Å². The van der Waals surface area contributed by atoms with Gasteiger partial charge in [-0.2, -0.15) is 0 Å². The van der Waals surface area contributed by atoms with Crippen LogP contribution in [0.1, 0.15) is 12.5 Å². The highest BCUT2D eigenvalue weighted by molar-refractivity contribution is 5.93. The number of rotatable bonds is 7. The van der Waals surface area contributed by atoms with Gasteiger partial charge in [-0.3, -0.25) is 9.59 Å². The molecule has 0 heterocycles. The Labute approximate surface area is 151 Å². The third kappa shape index (κ3) is 5.63. The second-order valence-corrected chi connectivity index (χ2v) is 6.05. The Morgan fingerprint density at radius 1 is 0.962 bits per heavy atom. The van der Waals surface area contributed by atoms with Crippen molar-refractivity contribution in [2.75, 3.05) is 30.8 Å². The monoisotopic (exact) mass is 362 g/mol. The Morgan fingerprint density at radius 2 is 1.62 bits per heavy atom. The first-order valence-electron chi connectivity index (χ1n) is 8.33. The minimum Gasteiger partial charge on any atom is -0.322 e. The van der Waals surface area contributed by atoms with E-state index in [0.29, 0.717) is 4.90 Å². The van der Waals surface area contributed by atoms with Gasteiger partial charge in [0, 0.05) is 17.4 Å². The summed E-state index contributed by atoms with van der Waals surface area (Å²) in [5.74, 6) is -2.61. The zero-order chi connectivity index (χ0) is 19.1. The highest BCUT2D eigenvalue weighted by Gasteiger charge is 2.15. The molecule has 0 aliphatic heterocycles. The standard InChI is InChI=1S/C19H21F2N3O2/c1-3-13-6-4-5-7-17(13)23-19(26)12-24(2)11-18(25)22-14-8-9-15(20)16(21)10-14/h4-10H,3,11-12H2,1-2H3,(H,22,25)(H,23,26)/p+1. The van der Waals surface area contributed by atoms with Gasteiger partial charge in [0.05, 0.1) is 7.05 Å². The van der Waals surface area contributed by atoms with Crippen molar-refractivity contribution in [2.24, 2.45) is 0 Å². The lowest BCUT2D eigenvalue weighted by molar-refractivity contribution is -0.862. The number of quaternary nitrogens is 1. The third-order valence-electron chi connectivity index (χ3n) is 3.80. The number of hydrogen-bond acceptors (Lipinski definition) is 2. The normalized spacial score (nSPS) is 11.7. The van der Waals surface area contributed by atoms with Gasteiger partial charge in [0.2, 0.25) is 0 Å². The molecule has 2 rings (SSSR count). The Morgan fingerprint density at radius 3 is 2.27 bits per heavy atom. The Kier molecular flexibility index (Phi) is 6.80. The van der Waals surface area contributed by atoms with Crippen LogP contribution in [0.15, 0.2) is 42.5 Å². The van der Waals surface area contributed by atoms with E-state index in [1.54, 1.807) is 7.05 Å². The van der Waals surface area contributed by atoms with Crippen LogP contribution in [0.25, 0.3) is 0 Å². The molecule has 2 amide bonds. The van der Waals surface area contributed by atoms with Crippen LogP contribution < -0.4 is 15.5 Å². The zero-order valence-electron chi connectivity index (χ0n) is 14.7. The number of halogens is 2. The smallest absolute Gasteiger partial charge is 0.279 e. The average Bonchev–Trinajstić information content (AvgIpc) is 2.58. The van der Waals surface area contributed by atoms with Crippen LogP contribution >= 0.6 is 0 Å². The molecule has 0 aromatic heterocycles. The van der Waals surface area contributed by atoms with Gasteiger partial charge in [0.15, 0.2) is 24.7 Å². The van der Waals surface area contributed by atoms with Crippen molar-refractivity contribution in [3.8, 4) is 0 Å². The number of likely N-dealkylation sites (N-methyl/N-ethyl adjacent to an activating group) is 1. The van der Waals surface area contributed by atoms with Crippen molar-refractivity contribution < 1.29 is 23.3 Å². The minimum absolute atomic E-state index is 0.0157. The van der Waals surface area contributed by atoms with Crippen molar-refractivity contribution in [1.82, 2.24) is 0 Å². The molecule has 26 heavy (non-hydrogen) atoms. The minimum atomic E-state index is -1.03. The predicted octanol–water partition coefficient (Wildman–Crippen LogP) is 1.62. The molecule has 138 valence electrons. The van der Waals surface area contributed by atoms with Gasteiger partial charge in [0.25, 0.3) is 11.8 Å². The number of anilines is 2. The summed E-state index contributed by atoms with van der Waals surface area (Å²) < 4.78 is 26.0. The topological polar surface area (TPSA) is 62.6 Å². The molecule has 0 radical (unpaired) electrons. The summed E-state index contributed by atoms with van der Waals surface area (Å²) in [4.78, 5) is 24.8. The highest BCUT2D eigenvalue weighted by Crippen LogP contribution is 2.15. The molecule has 0 saturated carbocycles. The Hall–Kier alpha value is -2.80. The summed E-state index contributed by atoms with van der Waals surface area (Å²) >= 11 is 0. The molecular formula is C19H22F2N3O2+. The number of amides is 2.